The third-order valence-corrected chi connectivity index (χ3v) is 2.89. The zero-order chi connectivity index (χ0) is 11.5. The summed E-state index contributed by atoms with van der Waals surface area (Å²) in [5.41, 5.74) is 8.83. The van der Waals surface area contributed by atoms with Gasteiger partial charge >= 0.3 is 0 Å². The first kappa shape index (κ1) is 10.9. The van der Waals surface area contributed by atoms with Crippen molar-refractivity contribution in [2.75, 3.05) is 18.5 Å². The molecule has 0 radical (unpaired) electrons. The van der Waals surface area contributed by atoms with Gasteiger partial charge in [-0.15, -0.1) is 0 Å². The average Bonchev–Trinajstić information content (AvgIpc) is 2.31. The number of amides is 1. The van der Waals surface area contributed by atoms with Crippen molar-refractivity contribution in [3.63, 3.8) is 0 Å². The van der Waals surface area contributed by atoms with Gasteiger partial charge < -0.3 is 10.6 Å². The minimum Gasteiger partial charge on any atom is -0.327 e. The van der Waals surface area contributed by atoms with E-state index < -0.39 is 0 Å². The quantitative estimate of drug-likeness (QED) is 0.815. The van der Waals surface area contributed by atoms with Gasteiger partial charge in [-0.3, -0.25) is 4.79 Å². The molecule has 0 saturated heterocycles. The number of carbonyl (C=O) groups excluding carboxylic acids is 1. The van der Waals surface area contributed by atoms with E-state index in [1.54, 1.807) is 4.90 Å². The summed E-state index contributed by atoms with van der Waals surface area (Å²) in [6, 6.07) is 6.15. The molecule has 1 amide bonds. The van der Waals surface area contributed by atoms with Crippen molar-refractivity contribution in [2.24, 2.45) is 5.73 Å². The lowest BCUT2D eigenvalue weighted by molar-refractivity contribution is -0.118. The summed E-state index contributed by atoms with van der Waals surface area (Å²) in [5, 5.41) is 0. The maximum Gasteiger partial charge on any atom is 0.227 e. The molecule has 0 aliphatic carbocycles. The largest absolute Gasteiger partial charge is 0.327 e. The molecule has 16 heavy (non-hydrogen) atoms. The fourth-order valence-corrected chi connectivity index (χ4v) is 1.98. The number of benzene rings is 1. The topological polar surface area (TPSA) is 46.3 Å². The van der Waals surface area contributed by atoms with Gasteiger partial charge in [0, 0.05) is 25.7 Å². The smallest absolute Gasteiger partial charge is 0.227 e. The molecule has 0 aromatic heterocycles. The molecular formula is C13H16N2O. The molecular weight excluding hydrogens is 200 g/mol. The Bertz CT molecular complexity index is 438. The van der Waals surface area contributed by atoms with E-state index in [1.807, 2.05) is 31.3 Å². The number of fused-ring (bicyclic) bond motifs is 1. The monoisotopic (exact) mass is 216 g/mol. The summed E-state index contributed by atoms with van der Waals surface area (Å²) >= 11 is 0. The Hall–Kier alpha value is -1.61. The first-order chi connectivity index (χ1) is 7.72. The number of anilines is 1. The summed E-state index contributed by atoms with van der Waals surface area (Å²) in [6.07, 6.45) is 5.38. The van der Waals surface area contributed by atoms with Crippen LogP contribution < -0.4 is 10.6 Å². The van der Waals surface area contributed by atoms with Crippen molar-refractivity contribution < 1.29 is 4.79 Å². The van der Waals surface area contributed by atoms with Gasteiger partial charge in [-0.05, 0) is 29.7 Å². The van der Waals surface area contributed by atoms with E-state index in [0.29, 0.717) is 13.0 Å². The minimum absolute atomic E-state index is 0.192. The van der Waals surface area contributed by atoms with Crippen molar-refractivity contribution in [1.82, 2.24) is 0 Å². The van der Waals surface area contributed by atoms with Crippen molar-refractivity contribution in [3.8, 4) is 0 Å². The van der Waals surface area contributed by atoms with Crippen LogP contribution in [-0.4, -0.2) is 19.5 Å². The number of nitrogens with zero attached hydrogens (tertiary/aromatic N) is 1. The maximum absolute atomic E-state index is 11.5. The number of rotatable bonds is 2. The van der Waals surface area contributed by atoms with Gasteiger partial charge in [0.05, 0.1) is 0 Å². The summed E-state index contributed by atoms with van der Waals surface area (Å²) in [6.45, 7) is 0.551. The molecule has 84 valence electrons. The molecule has 3 nitrogen and oxygen atoms in total. The lowest BCUT2D eigenvalue weighted by Gasteiger charge is -2.25. The summed E-state index contributed by atoms with van der Waals surface area (Å²) < 4.78 is 0. The molecule has 0 saturated carbocycles. The maximum atomic E-state index is 11.5. The normalized spacial score (nSPS) is 15.6. The molecule has 1 heterocycles. The zero-order valence-electron chi connectivity index (χ0n) is 9.44. The third kappa shape index (κ3) is 1.99. The number of carbonyl (C=O) groups is 1. The Morgan fingerprint density at radius 3 is 3.00 bits per heavy atom. The van der Waals surface area contributed by atoms with Gasteiger partial charge in [0.1, 0.15) is 0 Å². The average molecular weight is 216 g/mol. The Labute approximate surface area is 95.6 Å². The predicted octanol–water partition coefficient (Wildman–Crippen LogP) is 1.57. The minimum atomic E-state index is 0.192. The third-order valence-electron chi connectivity index (χ3n) is 2.89. The standard InChI is InChI=1S/C13H16N2O/c1-15-12-6-4-10(3-2-8-14)9-11(12)5-7-13(15)16/h2-4,6,9H,5,7-8,14H2,1H3/b3-2+. The predicted molar refractivity (Wildman–Crippen MR) is 66.3 cm³/mol. The van der Waals surface area contributed by atoms with Crippen LogP contribution in [0.5, 0.6) is 0 Å². The van der Waals surface area contributed by atoms with Crippen LogP contribution in [0.1, 0.15) is 17.5 Å². The molecule has 1 aromatic rings. The van der Waals surface area contributed by atoms with Crippen LogP contribution in [0.15, 0.2) is 24.3 Å². The van der Waals surface area contributed by atoms with Crippen molar-refractivity contribution in [3.05, 3.63) is 35.4 Å². The summed E-state index contributed by atoms with van der Waals surface area (Å²) in [7, 11) is 1.83. The zero-order valence-corrected chi connectivity index (χ0v) is 9.44. The summed E-state index contributed by atoms with van der Waals surface area (Å²) in [5.74, 6) is 0.192. The van der Waals surface area contributed by atoms with Gasteiger partial charge in [0.2, 0.25) is 5.91 Å². The van der Waals surface area contributed by atoms with Gasteiger partial charge in [-0.1, -0.05) is 18.2 Å². The Balaban J connectivity index is 2.33. The number of hydrogen-bond acceptors (Lipinski definition) is 2. The Kier molecular flexibility index (Phi) is 3.06. The van der Waals surface area contributed by atoms with E-state index in [0.717, 1.165) is 17.7 Å². The van der Waals surface area contributed by atoms with Crippen LogP contribution in [0.25, 0.3) is 6.08 Å². The van der Waals surface area contributed by atoms with Crippen LogP contribution in [0, 0.1) is 0 Å². The molecule has 2 N–H and O–H groups in total. The highest BCUT2D eigenvalue weighted by Gasteiger charge is 2.20. The molecule has 0 unspecified atom stereocenters. The van der Waals surface area contributed by atoms with Crippen LogP contribution in [-0.2, 0) is 11.2 Å². The van der Waals surface area contributed by atoms with E-state index in [1.165, 1.54) is 5.56 Å². The highest BCUT2D eigenvalue weighted by molar-refractivity contribution is 5.96. The molecule has 0 bridgehead atoms. The van der Waals surface area contributed by atoms with Crippen LogP contribution >= 0.6 is 0 Å². The number of hydrogen-bond donors (Lipinski definition) is 1. The van der Waals surface area contributed by atoms with Crippen LogP contribution in [0.2, 0.25) is 0 Å². The lowest BCUT2D eigenvalue weighted by Crippen LogP contribution is -2.31. The first-order valence-electron chi connectivity index (χ1n) is 5.48. The summed E-state index contributed by atoms with van der Waals surface area (Å²) in [4.78, 5) is 13.2. The molecule has 0 fully saturated rings. The molecule has 0 spiro atoms. The molecule has 3 heteroatoms. The number of nitrogens with two attached hydrogens (primary N) is 1. The Morgan fingerprint density at radius 1 is 1.44 bits per heavy atom. The van der Waals surface area contributed by atoms with Gasteiger partial charge in [0.15, 0.2) is 0 Å². The van der Waals surface area contributed by atoms with Crippen molar-refractivity contribution in [2.45, 2.75) is 12.8 Å². The van der Waals surface area contributed by atoms with Gasteiger partial charge in [-0.25, -0.2) is 0 Å². The second-order valence-electron chi connectivity index (χ2n) is 3.98. The van der Waals surface area contributed by atoms with Crippen molar-refractivity contribution >= 4 is 17.7 Å². The van der Waals surface area contributed by atoms with E-state index in [2.05, 4.69) is 6.07 Å². The molecule has 0 atom stereocenters. The molecule has 1 aliphatic rings. The molecule has 2 rings (SSSR count). The van der Waals surface area contributed by atoms with E-state index in [9.17, 15) is 4.79 Å². The van der Waals surface area contributed by atoms with Gasteiger partial charge in [-0.2, -0.15) is 0 Å². The first-order valence-corrected chi connectivity index (χ1v) is 5.48. The fraction of sp³-hybridized carbons (Fsp3) is 0.308. The van der Waals surface area contributed by atoms with Crippen LogP contribution in [0.3, 0.4) is 0 Å². The SMILES string of the molecule is CN1C(=O)CCc2cc(/C=C/CN)ccc21. The van der Waals surface area contributed by atoms with Gasteiger partial charge in [0.25, 0.3) is 0 Å². The second kappa shape index (κ2) is 4.49. The Morgan fingerprint density at radius 2 is 2.25 bits per heavy atom. The second-order valence-corrected chi connectivity index (χ2v) is 3.98. The highest BCUT2D eigenvalue weighted by Crippen LogP contribution is 2.27. The molecule has 1 aliphatic heterocycles. The highest BCUT2D eigenvalue weighted by atomic mass is 16.2. The van der Waals surface area contributed by atoms with E-state index in [-0.39, 0.29) is 5.91 Å². The van der Waals surface area contributed by atoms with E-state index >= 15 is 0 Å². The fourth-order valence-electron chi connectivity index (χ4n) is 1.98. The molecule has 1 aromatic carbocycles. The lowest BCUT2D eigenvalue weighted by atomic mass is 9.99. The number of aryl methyl sites for hydroxylation is 1. The van der Waals surface area contributed by atoms with E-state index in [4.69, 9.17) is 5.73 Å². The van der Waals surface area contributed by atoms with Crippen LogP contribution in [0.4, 0.5) is 5.69 Å². The van der Waals surface area contributed by atoms with Crippen molar-refractivity contribution in [1.29, 1.82) is 0 Å².